The molecule has 0 N–H and O–H groups in total. The minimum atomic E-state index is 0.0214. The van der Waals surface area contributed by atoms with Crippen LogP contribution in [-0.4, -0.2) is 11.6 Å². The van der Waals surface area contributed by atoms with Crippen molar-refractivity contribution in [3.8, 4) is 23.7 Å². The van der Waals surface area contributed by atoms with Crippen LogP contribution in [0.5, 0.6) is 0 Å². The number of carbonyl (C=O) groups is 2. The van der Waals surface area contributed by atoms with E-state index in [4.69, 9.17) is 0 Å². The van der Waals surface area contributed by atoms with Crippen LogP contribution in [0.2, 0.25) is 0 Å². The Bertz CT molecular complexity index is 666. The maximum Gasteiger partial charge on any atom is 0.185 e. The number of allylic oxidation sites excluding steroid dienone is 4. The van der Waals surface area contributed by atoms with Gasteiger partial charge in [-0.1, -0.05) is 6.92 Å². The van der Waals surface area contributed by atoms with Crippen LogP contribution in [0, 0.1) is 23.7 Å². The molecule has 0 fully saturated rings. The molecule has 0 saturated heterocycles. The number of rotatable bonds is 6. The second kappa shape index (κ2) is 10.7. The number of hydrogen-bond acceptors (Lipinski definition) is 2. The molecule has 0 spiro atoms. The van der Waals surface area contributed by atoms with Gasteiger partial charge in [0.2, 0.25) is 0 Å². The lowest BCUT2D eigenvalue weighted by Crippen LogP contribution is -2.20. The van der Waals surface area contributed by atoms with Crippen molar-refractivity contribution in [3.63, 3.8) is 0 Å². The molecule has 1 aliphatic carbocycles. The summed E-state index contributed by atoms with van der Waals surface area (Å²) in [7, 11) is 0. The van der Waals surface area contributed by atoms with E-state index in [1.165, 1.54) is 0 Å². The Labute approximate surface area is 146 Å². The van der Waals surface area contributed by atoms with Crippen LogP contribution in [0.1, 0.15) is 79.1 Å². The smallest absolute Gasteiger partial charge is 0.185 e. The first kappa shape index (κ1) is 20.0. The summed E-state index contributed by atoms with van der Waals surface area (Å²) in [5.41, 5.74) is 2.52. The van der Waals surface area contributed by atoms with Gasteiger partial charge in [-0.05, 0) is 46.5 Å². The minimum Gasteiger partial charge on any atom is -0.289 e. The molecule has 0 atom stereocenters. The molecule has 0 saturated carbocycles. The standard InChI is InChI=1S/C22H28O2/c1-5-6-7-8-9-10-11-12-13-14-15-16-20-19(4)21(23)17(2)18(3)22(20)24/h5,8-10,13-16H2,1-4H3. The lowest BCUT2D eigenvalue weighted by molar-refractivity contribution is -0.116. The molecule has 0 bridgehead atoms. The fourth-order valence-corrected chi connectivity index (χ4v) is 2.63. The van der Waals surface area contributed by atoms with Crippen molar-refractivity contribution >= 4 is 11.6 Å². The summed E-state index contributed by atoms with van der Waals surface area (Å²) >= 11 is 0. The summed E-state index contributed by atoms with van der Waals surface area (Å²) in [5.74, 6) is 12.6. The van der Waals surface area contributed by atoms with Crippen molar-refractivity contribution in [2.75, 3.05) is 0 Å². The highest BCUT2D eigenvalue weighted by atomic mass is 16.1. The highest BCUT2D eigenvalue weighted by Crippen LogP contribution is 2.27. The molecule has 0 amide bonds. The predicted octanol–water partition coefficient (Wildman–Crippen LogP) is 4.94. The van der Waals surface area contributed by atoms with Gasteiger partial charge in [-0.2, -0.15) is 0 Å². The molecule has 1 aliphatic rings. The maximum atomic E-state index is 12.3. The van der Waals surface area contributed by atoms with E-state index in [2.05, 4.69) is 30.6 Å². The fourth-order valence-electron chi connectivity index (χ4n) is 2.63. The number of carbonyl (C=O) groups excluding carboxylic acids is 2. The maximum absolute atomic E-state index is 12.3. The van der Waals surface area contributed by atoms with E-state index in [9.17, 15) is 9.59 Å². The molecule has 0 radical (unpaired) electrons. The number of Topliss-reactive ketones (excluding diaryl/α,β-unsaturated/α-hetero) is 2. The van der Waals surface area contributed by atoms with Crippen LogP contribution in [0.3, 0.4) is 0 Å². The SMILES string of the molecule is CCC#CCCCC#CCCCCC1=C(C)C(=O)C(C)=C(C)C1=O. The molecule has 0 aromatic carbocycles. The molecule has 0 aliphatic heterocycles. The molecule has 24 heavy (non-hydrogen) atoms. The molecule has 0 unspecified atom stereocenters. The van der Waals surface area contributed by atoms with Crippen LogP contribution >= 0.6 is 0 Å². The Morgan fingerprint density at radius 3 is 1.83 bits per heavy atom. The van der Waals surface area contributed by atoms with Crippen molar-refractivity contribution in [1.29, 1.82) is 0 Å². The molecule has 2 heteroatoms. The Morgan fingerprint density at radius 2 is 1.21 bits per heavy atom. The Morgan fingerprint density at radius 1 is 0.667 bits per heavy atom. The first-order valence-electron chi connectivity index (χ1n) is 8.88. The van der Waals surface area contributed by atoms with Gasteiger partial charge in [0.1, 0.15) is 0 Å². The van der Waals surface area contributed by atoms with Gasteiger partial charge in [0.25, 0.3) is 0 Å². The molecule has 2 nitrogen and oxygen atoms in total. The first-order chi connectivity index (χ1) is 11.5. The highest BCUT2D eigenvalue weighted by molar-refractivity contribution is 6.24. The largest absolute Gasteiger partial charge is 0.289 e. The second-order valence-corrected chi connectivity index (χ2v) is 6.13. The number of unbranched alkanes of at least 4 members (excludes halogenated alkanes) is 4. The van der Waals surface area contributed by atoms with E-state index >= 15 is 0 Å². The lowest BCUT2D eigenvalue weighted by Gasteiger charge is -2.18. The topological polar surface area (TPSA) is 34.1 Å². The zero-order valence-electron chi connectivity index (χ0n) is 15.5. The molecule has 0 aromatic rings. The van der Waals surface area contributed by atoms with E-state index in [1.54, 1.807) is 20.8 Å². The monoisotopic (exact) mass is 324 g/mol. The molecule has 128 valence electrons. The van der Waals surface area contributed by atoms with E-state index in [-0.39, 0.29) is 11.6 Å². The number of hydrogen-bond donors (Lipinski definition) is 0. The quantitative estimate of drug-likeness (QED) is 0.394. The van der Waals surface area contributed by atoms with Gasteiger partial charge in [0.15, 0.2) is 11.6 Å². The highest BCUT2D eigenvalue weighted by Gasteiger charge is 2.26. The normalized spacial score (nSPS) is 14.3. The van der Waals surface area contributed by atoms with Crippen molar-refractivity contribution in [3.05, 3.63) is 22.3 Å². The number of ketones is 2. The second-order valence-electron chi connectivity index (χ2n) is 6.13. The summed E-state index contributed by atoms with van der Waals surface area (Å²) in [6.45, 7) is 7.31. The fraction of sp³-hybridized carbons (Fsp3) is 0.545. The molecular formula is C22H28O2. The summed E-state index contributed by atoms with van der Waals surface area (Å²) in [5, 5.41) is 0. The first-order valence-corrected chi connectivity index (χ1v) is 8.88. The van der Waals surface area contributed by atoms with Crippen molar-refractivity contribution < 1.29 is 9.59 Å². The van der Waals surface area contributed by atoms with Gasteiger partial charge in [-0.3, -0.25) is 9.59 Å². The van der Waals surface area contributed by atoms with Gasteiger partial charge >= 0.3 is 0 Å². The van der Waals surface area contributed by atoms with Crippen LogP contribution in [-0.2, 0) is 9.59 Å². The van der Waals surface area contributed by atoms with Crippen LogP contribution in [0.4, 0.5) is 0 Å². The summed E-state index contributed by atoms with van der Waals surface area (Å²) in [6, 6.07) is 0. The van der Waals surface area contributed by atoms with Gasteiger partial charge < -0.3 is 0 Å². The van der Waals surface area contributed by atoms with E-state index in [0.717, 1.165) is 44.9 Å². The van der Waals surface area contributed by atoms with Gasteiger partial charge in [0.05, 0.1) is 0 Å². The van der Waals surface area contributed by atoms with Crippen molar-refractivity contribution in [2.45, 2.75) is 79.1 Å². The van der Waals surface area contributed by atoms with E-state index in [0.29, 0.717) is 28.7 Å². The van der Waals surface area contributed by atoms with Crippen molar-refractivity contribution in [1.82, 2.24) is 0 Å². The van der Waals surface area contributed by atoms with Crippen LogP contribution in [0.15, 0.2) is 22.3 Å². The van der Waals surface area contributed by atoms with E-state index in [1.807, 2.05) is 0 Å². The average molecular weight is 324 g/mol. The summed E-state index contributed by atoms with van der Waals surface area (Å²) < 4.78 is 0. The van der Waals surface area contributed by atoms with Crippen molar-refractivity contribution in [2.24, 2.45) is 0 Å². The Hall–Kier alpha value is -2.06. The van der Waals surface area contributed by atoms with Gasteiger partial charge in [0, 0.05) is 48.0 Å². The third-order valence-corrected chi connectivity index (χ3v) is 4.32. The van der Waals surface area contributed by atoms with Crippen LogP contribution < -0.4 is 0 Å². The zero-order chi connectivity index (χ0) is 17.9. The lowest BCUT2D eigenvalue weighted by atomic mass is 9.84. The average Bonchev–Trinajstić information content (AvgIpc) is 2.58. The molecule has 0 heterocycles. The van der Waals surface area contributed by atoms with Gasteiger partial charge in [-0.25, -0.2) is 0 Å². The van der Waals surface area contributed by atoms with Gasteiger partial charge in [-0.15, -0.1) is 23.7 Å². The summed E-state index contributed by atoms with van der Waals surface area (Å²) in [6.07, 6.45) is 7.17. The summed E-state index contributed by atoms with van der Waals surface area (Å²) in [4.78, 5) is 24.4. The zero-order valence-corrected chi connectivity index (χ0v) is 15.5. The molecular weight excluding hydrogens is 296 g/mol. The third-order valence-electron chi connectivity index (χ3n) is 4.32. The Kier molecular flexibility index (Phi) is 8.88. The van der Waals surface area contributed by atoms with E-state index < -0.39 is 0 Å². The third kappa shape index (κ3) is 5.86. The molecule has 0 aromatic heterocycles. The minimum absolute atomic E-state index is 0.0214. The molecule has 1 rings (SSSR count). The van der Waals surface area contributed by atoms with Crippen LogP contribution in [0.25, 0.3) is 0 Å². The predicted molar refractivity (Wildman–Crippen MR) is 99.3 cm³/mol. The Balaban J connectivity index is 2.31.